The van der Waals surface area contributed by atoms with Gasteiger partial charge in [-0.05, 0) is 133 Å². The monoisotopic (exact) mass is 932 g/mol. The first-order valence-corrected chi connectivity index (χ1v) is 24.7. The maximum atomic E-state index is 5.25. The molecule has 0 aliphatic heterocycles. The highest BCUT2D eigenvalue weighted by Gasteiger charge is 2.18. The number of rotatable bonds is 12. The van der Waals surface area contributed by atoms with Crippen LogP contribution in [0, 0.1) is 0 Å². The maximum absolute atomic E-state index is 5.25. The number of nitrogens with zero attached hydrogens (tertiary/aromatic N) is 4. The maximum Gasteiger partial charge on any atom is 0.164 e. The molecular weight excluding hydrogens is 885 g/mol. The fourth-order valence-electron chi connectivity index (χ4n) is 9.55. The number of hydrogen-bond donors (Lipinski definition) is 0. The third kappa shape index (κ3) is 9.74. The van der Waals surface area contributed by atoms with Crippen molar-refractivity contribution in [1.82, 2.24) is 15.0 Å². The van der Waals surface area contributed by atoms with Gasteiger partial charge >= 0.3 is 0 Å². The average molecular weight is 933 g/mol. The minimum absolute atomic E-state index is 0.600. The van der Waals surface area contributed by atoms with Crippen LogP contribution in [0.2, 0.25) is 0 Å². The van der Waals surface area contributed by atoms with Gasteiger partial charge in [0.05, 0.1) is 0 Å². The third-order valence-electron chi connectivity index (χ3n) is 13.3. The molecular formula is C69H48N4. The minimum Gasteiger partial charge on any atom is -0.310 e. The van der Waals surface area contributed by atoms with Crippen LogP contribution < -0.4 is 4.90 Å². The molecule has 0 spiro atoms. The molecule has 11 aromatic carbocycles. The van der Waals surface area contributed by atoms with E-state index in [9.17, 15) is 0 Å². The van der Waals surface area contributed by atoms with Crippen LogP contribution in [0.5, 0.6) is 0 Å². The molecule has 344 valence electrons. The van der Waals surface area contributed by atoms with Crippen LogP contribution in [-0.4, -0.2) is 15.0 Å². The summed E-state index contributed by atoms with van der Waals surface area (Å²) in [4.78, 5) is 17.9. The lowest BCUT2D eigenvalue weighted by Crippen LogP contribution is -2.10. The van der Waals surface area contributed by atoms with Gasteiger partial charge < -0.3 is 4.90 Å². The quantitative estimate of drug-likeness (QED) is 0.122. The first-order chi connectivity index (χ1) is 36.1. The Hall–Kier alpha value is -9.77. The lowest BCUT2D eigenvalue weighted by Gasteiger charge is -2.26. The van der Waals surface area contributed by atoms with Gasteiger partial charge in [-0.15, -0.1) is 0 Å². The van der Waals surface area contributed by atoms with Crippen LogP contribution >= 0.6 is 0 Å². The topological polar surface area (TPSA) is 41.9 Å². The Kier molecular flexibility index (Phi) is 12.4. The van der Waals surface area contributed by atoms with Gasteiger partial charge in [-0.3, -0.25) is 0 Å². The SMILES string of the molecule is c1ccc(-c2ccc(N(c3ccc(-c4ccccc4)cc3)c3cccc(-c4cccc(-c5nc(-c6ccccc6)nc(-c6cccc(-c7cc(-c8ccccc8)cc(-c8ccccc8)c7)c6)n5)c4)c3)cc2)cc1. The van der Waals surface area contributed by atoms with E-state index in [4.69, 9.17) is 15.0 Å². The molecule has 4 nitrogen and oxygen atoms in total. The van der Waals surface area contributed by atoms with Crippen molar-refractivity contribution in [1.29, 1.82) is 0 Å². The lowest BCUT2D eigenvalue weighted by atomic mass is 9.93. The highest BCUT2D eigenvalue weighted by Crippen LogP contribution is 2.40. The first-order valence-electron chi connectivity index (χ1n) is 24.7. The van der Waals surface area contributed by atoms with Crippen LogP contribution in [0.4, 0.5) is 17.1 Å². The van der Waals surface area contributed by atoms with Crippen LogP contribution in [0.25, 0.3) is 101 Å². The van der Waals surface area contributed by atoms with Crippen LogP contribution in [0.15, 0.2) is 291 Å². The molecule has 0 saturated carbocycles. The summed E-state index contributed by atoms with van der Waals surface area (Å²) in [6.45, 7) is 0. The molecule has 0 atom stereocenters. The highest BCUT2D eigenvalue weighted by molar-refractivity contribution is 5.85. The van der Waals surface area contributed by atoms with Gasteiger partial charge in [0.2, 0.25) is 0 Å². The van der Waals surface area contributed by atoms with E-state index in [-0.39, 0.29) is 0 Å². The normalized spacial score (nSPS) is 11.0. The smallest absolute Gasteiger partial charge is 0.164 e. The van der Waals surface area contributed by atoms with Gasteiger partial charge in [-0.1, -0.05) is 224 Å². The predicted molar refractivity (Wildman–Crippen MR) is 303 cm³/mol. The molecule has 0 radical (unpaired) electrons. The fourth-order valence-corrected chi connectivity index (χ4v) is 9.55. The van der Waals surface area contributed by atoms with E-state index in [1.165, 1.54) is 33.4 Å². The van der Waals surface area contributed by atoms with Crippen LogP contribution in [0.3, 0.4) is 0 Å². The molecule has 0 fully saturated rings. The molecule has 0 saturated heterocycles. The van der Waals surface area contributed by atoms with Crippen molar-refractivity contribution in [2.45, 2.75) is 0 Å². The van der Waals surface area contributed by atoms with Crippen molar-refractivity contribution in [2.75, 3.05) is 4.90 Å². The minimum atomic E-state index is 0.600. The summed E-state index contributed by atoms with van der Waals surface area (Å²) in [5, 5.41) is 0. The summed E-state index contributed by atoms with van der Waals surface area (Å²) in [7, 11) is 0. The number of aromatic nitrogens is 3. The molecule has 0 unspecified atom stereocenters. The van der Waals surface area contributed by atoms with Crippen molar-refractivity contribution < 1.29 is 0 Å². The average Bonchev–Trinajstić information content (AvgIpc) is 3.48. The van der Waals surface area contributed by atoms with Gasteiger partial charge in [0.1, 0.15) is 0 Å². The molecule has 12 aromatic rings. The second-order valence-corrected chi connectivity index (χ2v) is 18.1. The molecule has 0 aliphatic carbocycles. The van der Waals surface area contributed by atoms with Crippen molar-refractivity contribution in [3.05, 3.63) is 291 Å². The Bertz CT molecular complexity index is 3660. The summed E-state index contributed by atoms with van der Waals surface area (Å²) in [6, 6.07) is 103. The van der Waals surface area contributed by atoms with E-state index in [2.05, 4.69) is 278 Å². The van der Waals surface area contributed by atoms with Gasteiger partial charge in [-0.25, -0.2) is 15.0 Å². The van der Waals surface area contributed by atoms with E-state index in [1.54, 1.807) is 0 Å². The summed E-state index contributed by atoms with van der Waals surface area (Å²) in [6.07, 6.45) is 0. The zero-order valence-corrected chi connectivity index (χ0v) is 40.0. The van der Waals surface area contributed by atoms with Gasteiger partial charge in [-0.2, -0.15) is 0 Å². The number of benzene rings is 11. The Morgan fingerprint density at radius 2 is 0.425 bits per heavy atom. The molecule has 12 rings (SSSR count). The van der Waals surface area contributed by atoms with Crippen molar-refractivity contribution >= 4 is 17.1 Å². The largest absolute Gasteiger partial charge is 0.310 e. The summed E-state index contributed by atoms with van der Waals surface area (Å²) < 4.78 is 0. The summed E-state index contributed by atoms with van der Waals surface area (Å²) in [5.41, 5.74) is 19.6. The number of hydrogen-bond acceptors (Lipinski definition) is 4. The first kappa shape index (κ1) is 44.4. The van der Waals surface area contributed by atoms with Crippen molar-refractivity contribution in [3.63, 3.8) is 0 Å². The van der Waals surface area contributed by atoms with E-state index in [0.29, 0.717) is 17.5 Å². The molecule has 0 amide bonds. The lowest BCUT2D eigenvalue weighted by molar-refractivity contribution is 1.07. The zero-order valence-electron chi connectivity index (χ0n) is 40.0. The zero-order chi connectivity index (χ0) is 48.8. The Morgan fingerprint density at radius 3 is 0.836 bits per heavy atom. The molecule has 1 heterocycles. The standard InChI is InChI=1S/C69H48N4/c1-6-19-49(20-7-1)53-35-39-64(40-36-53)73(65-41-37-54(38-42-65)50-21-8-2-9-22-50)66-34-18-31-58(48-66)56-29-16-32-59(43-56)68-70-67(55-27-14-5-15-28-55)71-69(72-68)60-33-17-30-57(44-60)63-46-61(51-23-10-3-11-24-51)45-62(47-63)52-25-12-4-13-26-52/h1-48H. The third-order valence-corrected chi connectivity index (χ3v) is 13.3. The van der Waals surface area contributed by atoms with Crippen LogP contribution in [-0.2, 0) is 0 Å². The molecule has 4 heteroatoms. The predicted octanol–water partition coefficient (Wildman–Crippen LogP) is 18.3. The van der Waals surface area contributed by atoms with Gasteiger partial charge in [0, 0.05) is 33.8 Å². The second kappa shape index (κ2) is 20.3. The summed E-state index contributed by atoms with van der Waals surface area (Å²) in [5.74, 6) is 1.82. The van der Waals surface area contributed by atoms with E-state index < -0.39 is 0 Å². The highest BCUT2D eigenvalue weighted by atomic mass is 15.1. The number of anilines is 3. The van der Waals surface area contributed by atoms with Gasteiger partial charge in [0.15, 0.2) is 17.5 Å². The molecule has 1 aromatic heterocycles. The Morgan fingerprint density at radius 1 is 0.164 bits per heavy atom. The van der Waals surface area contributed by atoms with Crippen LogP contribution in [0.1, 0.15) is 0 Å². The Labute approximate surface area is 426 Å². The second-order valence-electron chi connectivity index (χ2n) is 18.1. The van der Waals surface area contributed by atoms with Crippen molar-refractivity contribution in [3.8, 4) is 101 Å². The molecule has 0 aliphatic rings. The van der Waals surface area contributed by atoms with E-state index in [0.717, 1.165) is 67.1 Å². The molecule has 0 N–H and O–H groups in total. The van der Waals surface area contributed by atoms with Gasteiger partial charge in [0.25, 0.3) is 0 Å². The molecule has 0 bridgehead atoms. The molecule has 73 heavy (non-hydrogen) atoms. The van der Waals surface area contributed by atoms with E-state index in [1.807, 2.05) is 18.2 Å². The van der Waals surface area contributed by atoms with E-state index >= 15 is 0 Å². The Balaban J connectivity index is 0.921. The summed E-state index contributed by atoms with van der Waals surface area (Å²) >= 11 is 0. The van der Waals surface area contributed by atoms with Crippen molar-refractivity contribution in [2.24, 2.45) is 0 Å². The fraction of sp³-hybridized carbons (Fsp3) is 0.